The number of carbonyl (C=O) groups excluding carboxylic acids is 1. The second-order valence-electron chi connectivity index (χ2n) is 7.86. The number of carbonyl (C=O) groups is 1. The summed E-state index contributed by atoms with van der Waals surface area (Å²) >= 11 is 0. The van der Waals surface area contributed by atoms with Crippen LogP contribution in [0.1, 0.15) is 26.3 Å². The van der Waals surface area contributed by atoms with E-state index in [1.165, 1.54) is 24.3 Å². The molecule has 0 bridgehead atoms. The lowest BCUT2D eigenvalue weighted by molar-refractivity contribution is -0.384. The van der Waals surface area contributed by atoms with Gasteiger partial charge in [0.25, 0.3) is 5.69 Å². The van der Waals surface area contributed by atoms with Crippen LogP contribution in [0.15, 0.2) is 48.5 Å². The molecule has 7 nitrogen and oxygen atoms in total. The van der Waals surface area contributed by atoms with Crippen LogP contribution in [-0.4, -0.2) is 19.4 Å². The highest BCUT2D eigenvalue weighted by Crippen LogP contribution is 2.38. The quantitative estimate of drug-likeness (QED) is 0.202. The van der Waals surface area contributed by atoms with Gasteiger partial charge in [0.15, 0.2) is 0 Å². The molecule has 0 atom stereocenters. The zero-order chi connectivity index (χ0) is 20.9. The molecule has 28 heavy (non-hydrogen) atoms. The maximum absolute atomic E-state index is 11.9. The van der Waals surface area contributed by atoms with Crippen molar-refractivity contribution < 1.29 is 23.6 Å². The fraction of sp³-hybridized carbons (Fsp3) is 0.350. The molecule has 0 radical (unpaired) electrons. The molecule has 0 spiro atoms. The summed E-state index contributed by atoms with van der Waals surface area (Å²) in [6.45, 7) is 10.7. The van der Waals surface area contributed by atoms with E-state index in [9.17, 15) is 14.9 Å². The van der Waals surface area contributed by atoms with E-state index in [0.29, 0.717) is 5.75 Å². The standard InChI is InChI=1S/C20H25NO6Si/c1-20(2,3)28(4,5)27-18-9-7-6-8-15(18)14-25-19(22)26-17-12-10-16(11-13-17)21(23)24/h6-13H,14H2,1-5H3. The van der Waals surface area contributed by atoms with Crippen LogP contribution >= 0.6 is 0 Å². The minimum absolute atomic E-state index is 0.00336. The number of nitrogens with zero attached hydrogens (tertiary/aromatic N) is 1. The van der Waals surface area contributed by atoms with E-state index in [4.69, 9.17) is 13.9 Å². The lowest BCUT2D eigenvalue weighted by Gasteiger charge is -2.37. The van der Waals surface area contributed by atoms with Gasteiger partial charge in [-0.2, -0.15) is 0 Å². The molecule has 0 aromatic heterocycles. The third-order valence-electron chi connectivity index (χ3n) is 4.74. The number of rotatable bonds is 6. The van der Waals surface area contributed by atoms with Crippen molar-refractivity contribution in [2.45, 2.75) is 45.5 Å². The molecule has 0 unspecified atom stereocenters. The van der Waals surface area contributed by atoms with Crippen LogP contribution in [-0.2, 0) is 11.3 Å². The fourth-order valence-electron chi connectivity index (χ4n) is 2.05. The van der Waals surface area contributed by atoms with Gasteiger partial charge < -0.3 is 13.9 Å². The molecular formula is C20H25NO6Si. The van der Waals surface area contributed by atoms with Crippen LogP contribution in [0.5, 0.6) is 11.5 Å². The van der Waals surface area contributed by atoms with Crippen LogP contribution in [0.25, 0.3) is 0 Å². The van der Waals surface area contributed by atoms with Crippen molar-refractivity contribution in [1.82, 2.24) is 0 Å². The van der Waals surface area contributed by atoms with Crippen LogP contribution in [0.4, 0.5) is 10.5 Å². The maximum Gasteiger partial charge on any atom is 0.514 e. The first-order chi connectivity index (χ1) is 13.0. The van der Waals surface area contributed by atoms with Gasteiger partial charge in [0.05, 0.1) is 4.92 Å². The molecule has 8 heteroatoms. The van der Waals surface area contributed by atoms with Gasteiger partial charge in [0, 0.05) is 17.7 Å². The van der Waals surface area contributed by atoms with Gasteiger partial charge in [-0.3, -0.25) is 10.1 Å². The van der Waals surface area contributed by atoms with E-state index in [2.05, 4.69) is 33.9 Å². The van der Waals surface area contributed by atoms with E-state index in [1.54, 1.807) is 0 Å². The summed E-state index contributed by atoms with van der Waals surface area (Å²) in [5.41, 5.74) is 0.658. The summed E-state index contributed by atoms with van der Waals surface area (Å²) in [7, 11) is -2.04. The molecule has 0 saturated carbocycles. The highest BCUT2D eigenvalue weighted by atomic mass is 28.4. The lowest BCUT2D eigenvalue weighted by Crippen LogP contribution is -2.44. The molecule has 0 amide bonds. The summed E-state index contributed by atoms with van der Waals surface area (Å²) in [6.07, 6.45) is -0.893. The van der Waals surface area contributed by atoms with Crippen molar-refractivity contribution in [3.63, 3.8) is 0 Å². The molecular weight excluding hydrogens is 378 g/mol. The zero-order valence-electron chi connectivity index (χ0n) is 16.7. The number of ether oxygens (including phenoxy) is 2. The number of nitro benzene ring substituents is 1. The molecule has 0 aliphatic heterocycles. The minimum Gasteiger partial charge on any atom is -0.543 e. The van der Waals surface area contributed by atoms with Crippen molar-refractivity contribution in [1.29, 1.82) is 0 Å². The topological polar surface area (TPSA) is 87.9 Å². The highest BCUT2D eigenvalue weighted by Gasteiger charge is 2.39. The number of hydrogen-bond donors (Lipinski definition) is 0. The Balaban J connectivity index is 2.00. The summed E-state index contributed by atoms with van der Waals surface area (Å²) in [6, 6.07) is 12.6. The summed E-state index contributed by atoms with van der Waals surface area (Å²) in [5.74, 6) is 0.860. The average molecular weight is 404 g/mol. The van der Waals surface area contributed by atoms with E-state index in [-0.39, 0.29) is 23.1 Å². The largest absolute Gasteiger partial charge is 0.543 e. The number of benzene rings is 2. The second-order valence-corrected chi connectivity index (χ2v) is 12.6. The molecule has 150 valence electrons. The second kappa shape index (κ2) is 8.43. The fourth-order valence-corrected chi connectivity index (χ4v) is 3.10. The normalized spacial score (nSPS) is 11.6. The monoisotopic (exact) mass is 403 g/mol. The van der Waals surface area contributed by atoms with Gasteiger partial charge in [0.2, 0.25) is 8.32 Å². The number of para-hydroxylation sites is 1. The average Bonchev–Trinajstić information content (AvgIpc) is 2.60. The Hall–Kier alpha value is -2.87. The van der Waals surface area contributed by atoms with Crippen LogP contribution in [0.3, 0.4) is 0 Å². The molecule has 0 aliphatic rings. The smallest absolute Gasteiger partial charge is 0.514 e. The summed E-state index contributed by atoms with van der Waals surface area (Å²) < 4.78 is 16.6. The van der Waals surface area contributed by atoms with Gasteiger partial charge in [-0.05, 0) is 36.3 Å². The Kier molecular flexibility index (Phi) is 6.45. The molecule has 2 aromatic carbocycles. The van der Waals surface area contributed by atoms with Crippen molar-refractivity contribution in [3.05, 3.63) is 64.2 Å². The third-order valence-corrected chi connectivity index (χ3v) is 9.08. The molecule has 0 aliphatic carbocycles. The lowest BCUT2D eigenvalue weighted by atomic mass is 10.2. The number of hydrogen-bond acceptors (Lipinski definition) is 6. The van der Waals surface area contributed by atoms with Gasteiger partial charge in [0.1, 0.15) is 18.1 Å². The Morgan fingerprint density at radius 1 is 1.07 bits per heavy atom. The van der Waals surface area contributed by atoms with Crippen LogP contribution in [0.2, 0.25) is 18.1 Å². The molecule has 2 rings (SSSR count). The molecule has 0 saturated heterocycles. The van der Waals surface area contributed by atoms with Crippen molar-refractivity contribution in [3.8, 4) is 11.5 Å². The number of nitro groups is 1. The van der Waals surface area contributed by atoms with E-state index >= 15 is 0 Å². The van der Waals surface area contributed by atoms with Gasteiger partial charge in [-0.15, -0.1) is 0 Å². The first-order valence-corrected chi connectivity index (χ1v) is 11.8. The summed E-state index contributed by atoms with van der Waals surface area (Å²) in [4.78, 5) is 22.1. The van der Waals surface area contributed by atoms with Crippen molar-refractivity contribution in [2.75, 3.05) is 0 Å². The van der Waals surface area contributed by atoms with Gasteiger partial charge in [-0.1, -0.05) is 39.0 Å². The molecule has 0 heterocycles. The predicted octanol–water partition coefficient (Wildman–Crippen LogP) is 5.69. The SMILES string of the molecule is CC(C)(C)[Si](C)(C)Oc1ccccc1COC(=O)Oc1ccc([N+](=O)[O-])cc1. The van der Waals surface area contributed by atoms with Crippen molar-refractivity contribution >= 4 is 20.2 Å². The first-order valence-electron chi connectivity index (χ1n) is 8.85. The molecule has 0 N–H and O–H groups in total. The minimum atomic E-state index is -2.04. The van der Waals surface area contributed by atoms with Crippen LogP contribution < -0.4 is 9.16 Å². The Bertz CT molecular complexity index is 843. The molecule has 2 aromatic rings. The van der Waals surface area contributed by atoms with Gasteiger partial charge in [-0.25, -0.2) is 4.79 Å². The predicted molar refractivity (Wildman–Crippen MR) is 108 cm³/mol. The Morgan fingerprint density at radius 2 is 1.68 bits per heavy atom. The molecule has 0 fully saturated rings. The Labute approximate surface area is 165 Å². The van der Waals surface area contributed by atoms with Gasteiger partial charge >= 0.3 is 6.16 Å². The van der Waals surface area contributed by atoms with Crippen molar-refractivity contribution in [2.24, 2.45) is 0 Å². The zero-order valence-corrected chi connectivity index (χ0v) is 17.7. The van der Waals surface area contributed by atoms with E-state index in [1.807, 2.05) is 24.3 Å². The first kappa shape index (κ1) is 21.4. The van der Waals surface area contributed by atoms with Crippen LogP contribution in [0, 0.1) is 10.1 Å². The third kappa shape index (κ3) is 5.56. The van der Waals surface area contributed by atoms with E-state index in [0.717, 1.165) is 5.56 Å². The van der Waals surface area contributed by atoms with E-state index < -0.39 is 19.4 Å². The maximum atomic E-state index is 11.9. The Morgan fingerprint density at radius 3 is 2.25 bits per heavy atom. The summed E-state index contributed by atoms with van der Waals surface area (Å²) in [5, 5.41) is 10.7. The highest BCUT2D eigenvalue weighted by molar-refractivity contribution is 6.74. The number of non-ortho nitro benzene ring substituents is 1.